The van der Waals surface area contributed by atoms with Crippen molar-refractivity contribution in [2.45, 2.75) is 56.6 Å². The van der Waals surface area contributed by atoms with Gasteiger partial charge in [-0.25, -0.2) is 0 Å². The molecule has 0 aliphatic heterocycles. The Hall–Kier alpha value is -0.610. The minimum Gasteiger partial charge on any atom is -0.393 e. The molecule has 2 fully saturated rings. The Balaban J connectivity index is 1.75. The average Bonchev–Trinajstić information content (AvgIpc) is 2.62. The number of hydrogen-bond acceptors (Lipinski definition) is 3. The Bertz CT molecular complexity index is 281. The predicted molar refractivity (Wildman–Crippen MR) is 66.4 cm³/mol. The van der Waals surface area contributed by atoms with Gasteiger partial charge in [0, 0.05) is 25.6 Å². The van der Waals surface area contributed by atoms with Crippen LogP contribution in [-0.2, 0) is 4.79 Å². The fraction of sp³-hybridized carbons (Fsp3) is 0.923. The molecule has 2 aliphatic carbocycles. The molecular weight excluding hydrogens is 216 g/mol. The molecule has 0 bridgehead atoms. The molecular formula is C13H24N2O2. The summed E-state index contributed by atoms with van der Waals surface area (Å²) in [7, 11) is 1.85. The van der Waals surface area contributed by atoms with E-state index in [1.165, 1.54) is 0 Å². The number of nitrogens with two attached hydrogens (primary N) is 1. The van der Waals surface area contributed by atoms with Crippen LogP contribution in [0.5, 0.6) is 0 Å². The summed E-state index contributed by atoms with van der Waals surface area (Å²) >= 11 is 0. The molecule has 0 saturated heterocycles. The Morgan fingerprint density at radius 3 is 2.53 bits per heavy atom. The van der Waals surface area contributed by atoms with Crippen molar-refractivity contribution in [3.8, 4) is 0 Å². The fourth-order valence-electron chi connectivity index (χ4n) is 3.03. The predicted octanol–water partition coefficient (Wildman–Crippen LogP) is 0.877. The van der Waals surface area contributed by atoms with Crippen LogP contribution in [0.1, 0.15) is 44.9 Å². The first kappa shape index (κ1) is 12.8. The Morgan fingerprint density at radius 2 is 2.00 bits per heavy atom. The lowest BCUT2D eigenvalue weighted by Crippen LogP contribution is -2.45. The summed E-state index contributed by atoms with van der Waals surface area (Å²) in [6.07, 6.45) is 6.29. The second-order valence-corrected chi connectivity index (χ2v) is 6.01. The zero-order valence-electron chi connectivity index (χ0n) is 10.7. The third-order valence-corrected chi connectivity index (χ3v) is 4.27. The maximum Gasteiger partial charge on any atom is 0.224 e. The van der Waals surface area contributed by atoms with Crippen LogP contribution in [-0.4, -0.2) is 41.1 Å². The minimum absolute atomic E-state index is 0.140. The zero-order chi connectivity index (χ0) is 12.5. The summed E-state index contributed by atoms with van der Waals surface area (Å²) in [5, 5.41) is 9.22. The van der Waals surface area contributed by atoms with Gasteiger partial charge in [0.25, 0.3) is 0 Å². The maximum absolute atomic E-state index is 12.0. The Labute approximate surface area is 103 Å². The van der Waals surface area contributed by atoms with Gasteiger partial charge in [-0.15, -0.1) is 0 Å². The molecule has 1 amide bonds. The van der Waals surface area contributed by atoms with Crippen LogP contribution in [0.3, 0.4) is 0 Å². The molecule has 2 aliphatic rings. The minimum atomic E-state index is -0.246. The number of carbonyl (C=O) groups is 1. The SMILES string of the molecule is CN(CC1CC(O)C1)C(=O)CC1(N)CCCC1. The first-order chi connectivity index (χ1) is 7.98. The van der Waals surface area contributed by atoms with Gasteiger partial charge in [0.15, 0.2) is 0 Å². The number of amides is 1. The van der Waals surface area contributed by atoms with E-state index >= 15 is 0 Å². The van der Waals surface area contributed by atoms with Crippen LogP contribution in [0.15, 0.2) is 0 Å². The van der Waals surface area contributed by atoms with Crippen molar-refractivity contribution in [1.82, 2.24) is 4.90 Å². The van der Waals surface area contributed by atoms with E-state index in [0.29, 0.717) is 12.3 Å². The smallest absolute Gasteiger partial charge is 0.224 e. The molecule has 0 aromatic carbocycles. The highest BCUT2D eigenvalue weighted by Crippen LogP contribution is 2.31. The van der Waals surface area contributed by atoms with Gasteiger partial charge in [0.05, 0.1) is 6.10 Å². The largest absolute Gasteiger partial charge is 0.393 e. The van der Waals surface area contributed by atoms with Crippen LogP contribution < -0.4 is 5.73 Å². The van der Waals surface area contributed by atoms with Gasteiger partial charge < -0.3 is 15.7 Å². The van der Waals surface area contributed by atoms with E-state index in [1.807, 2.05) is 7.05 Å². The molecule has 3 N–H and O–H groups in total. The van der Waals surface area contributed by atoms with Crippen molar-refractivity contribution in [2.75, 3.05) is 13.6 Å². The number of nitrogens with zero attached hydrogens (tertiary/aromatic N) is 1. The summed E-state index contributed by atoms with van der Waals surface area (Å²) < 4.78 is 0. The molecule has 0 unspecified atom stereocenters. The van der Waals surface area contributed by atoms with Gasteiger partial charge in [-0.3, -0.25) is 4.79 Å². The monoisotopic (exact) mass is 240 g/mol. The van der Waals surface area contributed by atoms with Gasteiger partial charge in [-0.1, -0.05) is 12.8 Å². The summed E-state index contributed by atoms with van der Waals surface area (Å²) in [5.74, 6) is 0.645. The van der Waals surface area contributed by atoms with Gasteiger partial charge in [0.2, 0.25) is 5.91 Å². The fourth-order valence-corrected chi connectivity index (χ4v) is 3.03. The Kier molecular flexibility index (Phi) is 3.73. The van der Waals surface area contributed by atoms with Crippen molar-refractivity contribution >= 4 is 5.91 Å². The van der Waals surface area contributed by atoms with E-state index in [2.05, 4.69) is 0 Å². The van der Waals surface area contributed by atoms with Crippen LogP contribution in [0.4, 0.5) is 0 Å². The van der Waals surface area contributed by atoms with Crippen molar-refractivity contribution in [2.24, 2.45) is 11.7 Å². The molecule has 0 radical (unpaired) electrons. The normalized spacial score (nSPS) is 31.0. The molecule has 0 spiro atoms. The van der Waals surface area contributed by atoms with Gasteiger partial charge in [-0.05, 0) is 31.6 Å². The van der Waals surface area contributed by atoms with Gasteiger partial charge in [-0.2, -0.15) is 0 Å². The van der Waals surface area contributed by atoms with Crippen molar-refractivity contribution in [1.29, 1.82) is 0 Å². The van der Waals surface area contributed by atoms with E-state index < -0.39 is 0 Å². The number of rotatable bonds is 4. The molecule has 2 saturated carbocycles. The van der Waals surface area contributed by atoms with Crippen LogP contribution in [0.2, 0.25) is 0 Å². The number of carbonyl (C=O) groups excluding carboxylic acids is 1. The zero-order valence-corrected chi connectivity index (χ0v) is 10.7. The highest BCUT2D eigenvalue weighted by molar-refractivity contribution is 5.77. The second-order valence-electron chi connectivity index (χ2n) is 6.01. The third kappa shape index (κ3) is 3.19. The summed E-state index contributed by atoms with van der Waals surface area (Å²) in [6, 6.07) is 0. The first-order valence-corrected chi connectivity index (χ1v) is 6.69. The lowest BCUT2D eigenvalue weighted by molar-refractivity contribution is -0.132. The van der Waals surface area contributed by atoms with Gasteiger partial charge >= 0.3 is 0 Å². The van der Waals surface area contributed by atoms with Crippen LogP contribution >= 0.6 is 0 Å². The second kappa shape index (κ2) is 4.94. The quantitative estimate of drug-likeness (QED) is 0.766. The molecule has 17 heavy (non-hydrogen) atoms. The van der Waals surface area contributed by atoms with Gasteiger partial charge in [0.1, 0.15) is 0 Å². The highest BCUT2D eigenvalue weighted by atomic mass is 16.3. The van der Waals surface area contributed by atoms with Crippen LogP contribution in [0, 0.1) is 5.92 Å². The standard InChI is InChI=1S/C13H24N2O2/c1-15(9-10-6-11(16)7-10)12(17)8-13(14)4-2-3-5-13/h10-11,16H,2-9,14H2,1H3. The summed E-state index contributed by atoms with van der Waals surface area (Å²) in [4.78, 5) is 13.8. The number of aliphatic hydroxyl groups excluding tert-OH is 1. The lowest BCUT2D eigenvalue weighted by Gasteiger charge is -2.35. The topological polar surface area (TPSA) is 66.6 Å². The maximum atomic E-state index is 12.0. The average molecular weight is 240 g/mol. The molecule has 2 rings (SSSR count). The van der Waals surface area contributed by atoms with E-state index in [0.717, 1.165) is 45.1 Å². The molecule has 0 atom stereocenters. The molecule has 0 heterocycles. The molecule has 98 valence electrons. The number of aliphatic hydroxyl groups is 1. The van der Waals surface area contributed by atoms with Crippen molar-refractivity contribution in [3.63, 3.8) is 0 Å². The molecule has 4 nitrogen and oxygen atoms in total. The summed E-state index contributed by atoms with van der Waals surface area (Å²) in [5.41, 5.74) is 5.96. The first-order valence-electron chi connectivity index (χ1n) is 6.69. The molecule has 0 aromatic rings. The van der Waals surface area contributed by atoms with Crippen LogP contribution in [0.25, 0.3) is 0 Å². The number of hydrogen-bond donors (Lipinski definition) is 2. The molecule has 0 aromatic heterocycles. The Morgan fingerprint density at radius 1 is 1.41 bits per heavy atom. The van der Waals surface area contributed by atoms with E-state index in [9.17, 15) is 9.90 Å². The summed E-state index contributed by atoms with van der Waals surface area (Å²) in [6.45, 7) is 0.770. The highest BCUT2D eigenvalue weighted by Gasteiger charge is 2.34. The van der Waals surface area contributed by atoms with E-state index in [-0.39, 0.29) is 17.6 Å². The third-order valence-electron chi connectivity index (χ3n) is 4.27. The van der Waals surface area contributed by atoms with E-state index in [4.69, 9.17) is 5.73 Å². The van der Waals surface area contributed by atoms with Crippen molar-refractivity contribution in [3.05, 3.63) is 0 Å². The van der Waals surface area contributed by atoms with E-state index in [1.54, 1.807) is 4.90 Å². The molecule has 4 heteroatoms. The van der Waals surface area contributed by atoms with Crippen molar-refractivity contribution < 1.29 is 9.90 Å². The lowest BCUT2D eigenvalue weighted by atomic mass is 9.82.